The maximum atomic E-state index is 11.1. The van der Waals surface area contributed by atoms with Gasteiger partial charge in [0, 0.05) is 24.4 Å². The van der Waals surface area contributed by atoms with Crippen molar-refractivity contribution in [1.29, 1.82) is 0 Å². The molecule has 0 fully saturated rings. The SMILES string of the molecule is CC(=O)c1ccc(-c2ccnc(C)c2)o1. The molecule has 0 aliphatic rings. The van der Waals surface area contributed by atoms with Crippen molar-refractivity contribution in [3.05, 3.63) is 41.9 Å². The van der Waals surface area contributed by atoms with E-state index in [0.717, 1.165) is 11.3 Å². The highest BCUT2D eigenvalue weighted by Crippen LogP contribution is 2.22. The Kier molecular flexibility index (Phi) is 2.37. The third kappa shape index (κ3) is 1.96. The van der Waals surface area contributed by atoms with Crippen molar-refractivity contribution >= 4 is 5.78 Å². The predicted molar refractivity (Wildman–Crippen MR) is 56.7 cm³/mol. The van der Waals surface area contributed by atoms with E-state index in [1.54, 1.807) is 18.3 Å². The molecule has 76 valence electrons. The highest BCUT2D eigenvalue weighted by Gasteiger charge is 2.07. The highest BCUT2D eigenvalue weighted by atomic mass is 16.3. The first kappa shape index (κ1) is 9.65. The molecule has 0 saturated carbocycles. The molecule has 0 bridgehead atoms. The lowest BCUT2D eigenvalue weighted by Crippen LogP contribution is -1.86. The van der Waals surface area contributed by atoms with E-state index in [2.05, 4.69) is 4.98 Å². The number of hydrogen-bond donors (Lipinski definition) is 0. The van der Waals surface area contributed by atoms with Crippen molar-refractivity contribution < 1.29 is 9.21 Å². The molecular formula is C12H11NO2. The topological polar surface area (TPSA) is 43.1 Å². The molecule has 2 aromatic rings. The fourth-order valence-electron chi connectivity index (χ4n) is 1.38. The number of nitrogens with zero attached hydrogens (tertiary/aromatic N) is 1. The molecule has 0 atom stereocenters. The third-order valence-electron chi connectivity index (χ3n) is 2.13. The van der Waals surface area contributed by atoms with E-state index in [0.29, 0.717) is 11.5 Å². The van der Waals surface area contributed by atoms with E-state index >= 15 is 0 Å². The van der Waals surface area contributed by atoms with E-state index < -0.39 is 0 Å². The molecular weight excluding hydrogens is 190 g/mol. The van der Waals surface area contributed by atoms with E-state index in [-0.39, 0.29) is 5.78 Å². The van der Waals surface area contributed by atoms with Gasteiger partial charge in [-0.15, -0.1) is 0 Å². The van der Waals surface area contributed by atoms with Crippen molar-refractivity contribution in [2.24, 2.45) is 0 Å². The molecule has 0 N–H and O–H groups in total. The van der Waals surface area contributed by atoms with Crippen LogP contribution in [0.4, 0.5) is 0 Å². The Balaban J connectivity index is 2.41. The number of ketones is 1. The summed E-state index contributed by atoms with van der Waals surface area (Å²) in [4.78, 5) is 15.1. The summed E-state index contributed by atoms with van der Waals surface area (Å²) >= 11 is 0. The van der Waals surface area contributed by atoms with E-state index in [4.69, 9.17) is 4.42 Å². The molecule has 0 radical (unpaired) electrons. The number of Topliss-reactive ketones (excluding diaryl/α,β-unsaturated/α-hetero) is 1. The van der Waals surface area contributed by atoms with Gasteiger partial charge in [0.15, 0.2) is 11.5 Å². The lowest BCUT2D eigenvalue weighted by molar-refractivity contribution is 0.0988. The molecule has 0 aromatic carbocycles. The second-order valence-electron chi connectivity index (χ2n) is 3.41. The zero-order valence-corrected chi connectivity index (χ0v) is 8.65. The highest BCUT2D eigenvalue weighted by molar-refractivity contribution is 5.91. The molecule has 3 nitrogen and oxygen atoms in total. The molecule has 0 amide bonds. The fourth-order valence-corrected chi connectivity index (χ4v) is 1.38. The maximum absolute atomic E-state index is 11.1. The zero-order valence-electron chi connectivity index (χ0n) is 8.65. The molecule has 0 spiro atoms. The lowest BCUT2D eigenvalue weighted by Gasteiger charge is -1.97. The van der Waals surface area contributed by atoms with Gasteiger partial charge in [-0.25, -0.2) is 0 Å². The fraction of sp³-hybridized carbons (Fsp3) is 0.167. The van der Waals surface area contributed by atoms with Crippen molar-refractivity contribution in [1.82, 2.24) is 4.98 Å². The van der Waals surface area contributed by atoms with Crippen LogP contribution in [0, 0.1) is 6.92 Å². The Morgan fingerprint density at radius 3 is 2.73 bits per heavy atom. The number of carbonyl (C=O) groups excluding carboxylic acids is 1. The standard InChI is InChI=1S/C12H11NO2/c1-8-7-10(5-6-13-8)12-4-3-11(15-12)9(2)14/h3-7H,1-2H3. The lowest BCUT2D eigenvalue weighted by atomic mass is 10.2. The Bertz CT molecular complexity index is 500. The summed E-state index contributed by atoms with van der Waals surface area (Å²) in [7, 11) is 0. The summed E-state index contributed by atoms with van der Waals surface area (Å²) in [5.74, 6) is 1.03. The third-order valence-corrected chi connectivity index (χ3v) is 2.13. The normalized spacial score (nSPS) is 10.3. The molecule has 2 aromatic heterocycles. The van der Waals surface area contributed by atoms with Gasteiger partial charge in [0.2, 0.25) is 0 Å². The minimum absolute atomic E-state index is 0.0629. The maximum Gasteiger partial charge on any atom is 0.194 e. The summed E-state index contributed by atoms with van der Waals surface area (Å²) in [6.45, 7) is 3.40. The van der Waals surface area contributed by atoms with Gasteiger partial charge >= 0.3 is 0 Å². The second kappa shape index (κ2) is 3.69. The quantitative estimate of drug-likeness (QED) is 0.701. The van der Waals surface area contributed by atoms with Gasteiger partial charge < -0.3 is 4.42 Å². The molecule has 0 unspecified atom stereocenters. The van der Waals surface area contributed by atoms with Crippen LogP contribution >= 0.6 is 0 Å². The Hall–Kier alpha value is -1.90. The van der Waals surface area contributed by atoms with Crippen LogP contribution in [0.25, 0.3) is 11.3 Å². The number of pyridine rings is 1. The molecule has 3 heteroatoms. The largest absolute Gasteiger partial charge is 0.453 e. The zero-order chi connectivity index (χ0) is 10.8. The molecule has 15 heavy (non-hydrogen) atoms. The first-order chi connectivity index (χ1) is 7.16. The number of furan rings is 1. The number of rotatable bonds is 2. The molecule has 2 rings (SSSR count). The van der Waals surface area contributed by atoms with Crippen molar-refractivity contribution in [2.45, 2.75) is 13.8 Å². The minimum Gasteiger partial charge on any atom is -0.453 e. The van der Waals surface area contributed by atoms with E-state index in [1.165, 1.54) is 6.92 Å². The van der Waals surface area contributed by atoms with Crippen LogP contribution in [0.3, 0.4) is 0 Å². The molecule has 2 heterocycles. The average molecular weight is 201 g/mol. The summed E-state index contributed by atoms with van der Waals surface area (Å²) in [6.07, 6.45) is 1.72. The van der Waals surface area contributed by atoms with E-state index in [9.17, 15) is 4.79 Å². The van der Waals surface area contributed by atoms with Gasteiger partial charge in [0.05, 0.1) is 0 Å². The predicted octanol–water partition coefficient (Wildman–Crippen LogP) is 2.85. The molecule has 0 aliphatic heterocycles. The van der Waals surface area contributed by atoms with Crippen LogP contribution in [0.2, 0.25) is 0 Å². The van der Waals surface area contributed by atoms with Gasteiger partial charge in [-0.2, -0.15) is 0 Å². The monoisotopic (exact) mass is 201 g/mol. The van der Waals surface area contributed by atoms with Crippen LogP contribution in [-0.4, -0.2) is 10.8 Å². The van der Waals surface area contributed by atoms with Crippen LogP contribution in [0.15, 0.2) is 34.9 Å². The van der Waals surface area contributed by atoms with Gasteiger partial charge in [0.1, 0.15) is 5.76 Å². The molecule has 0 saturated heterocycles. The summed E-state index contributed by atoms with van der Waals surface area (Å²) in [6, 6.07) is 7.26. The number of aromatic nitrogens is 1. The first-order valence-electron chi connectivity index (χ1n) is 4.70. The Morgan fingerprint density at radius 2 is 2.13 bits per heavy atom. The smallest absolute Gasteiger partial charge is 0.194 e. The number of carbonyl (C=O) groups is 1. The minimum atomic E-state index is -0.0629. The van der Waals surface area contributed by atoms with Crippen LogP contribution in [0.1, 0.15) is 23.2 Å². The van der Waals surface area contributed by atoms with Crippen molar-refractivity contribution in [2.75, 3.05) is 0 Å². The second-order valence-corrected chi connectivity index (χ2v) is 3.41. The van der Waals surface area contributed by atoms with Gasteiger partial charge in [-0.3, -0.25) is 9.78 Å². The average Bonchev–Trinajstić information content (AvgIpc) is 2.66. The van der Waals surface area contributed by atoms with Crippen LogP contribution in [0.5, 0.6) is 0 Å². The van der Waals surface area contributed by atoms with Crippen LogP contribution in [-0.2, 0) is 0 Å². The summed E-state index contributed by atoms with van der Waals surface area (Å²) < 4.78 is 5.41. The van der Waals surface area contributed by atoms with Crippen molar-refractivity contribution in [3.63, 3.8) is 0 Å². The van der Waals surface area contributed by atoms with Crippen LogP contribution < -0.4 is 0 Å². The molecule has 0 aliphatic carbocycles. The van der Waals surface area contributed by atoms with Gasteiger partial charge in [-0.1, -0.05) is 0 Å². The Labute approximate surface area is 87.8 Å². The van der Waals surface area contributed by atoms with Gasteiger partial charge in [0.25, 0.3) is 0 Å². The summed E-state index contributed by atoms with van der Waals surface area (Å²) in [5, 5.41) is 0. The number of aryl methyl sites for hydroxylation is 1. The first-order valence-corrected chi connectivity index (χ1v) is 4.70. The van der Waals surface area contributed by atoms with Crippen molar-refractivity contribution in [3.8, 4) is 11.3 Å². The Morgan fingerprint density at radius 1 is 1.33 bits per heavy atom. The van der Waals surface area contributed by atoms with Gasteiger partial charge in [-0.05, 0) is 31.2 Å². The number of hydrogen-bond acceptors (Lipinski definition) is 3. The van der Waals surface area contributed by atoms with E-state index in [1.807, 2.05) is 19.1 Å². The summed E-state index contributed by atoms with van der Waals surface area (Å²) in [5.41, 5.74) is 1.86.